The molecule has 1 aliphatic rings. The van der Waals surface area contributed by atoms with Crippen molar-refractivity contribution >= 4 is 5.96 Å². The van der Waals surface area contributed by atoms with E-state index in [-0.39, 0.29) is 0 Å². The number of ether oxygens (including phenoxy) is 1. The maximum absolute atomic E-state index is 5.78. The highest BCUT2D eigenvalue weighted by Crippen LogP contribution is 2.27. The van der Waals surface area contributed by atoms with Crippen molar-refractivity contribution in [1.82, 2.24) is 10.6 Å². The summed E-state index contributed by atoms with van der Waals surface area (Å²) >= 11 is 0. The minimum Gasteiger partial charge on any atom is -0.372 e. The van der Waals surface area contributed by atoms with E-state index >= 15 is 0 Å². The van der Waals surface area contributed by atoms with Crippen molar-refractivity contribution in [3.63, 3.8) is 0 Å². The second-order valence-corrected chi connectivity index (χ2v) is 6.54. The molecule has 0 radical (unpaired) electrons. The van der Waals surface area contributed by atoms with E-state index in [1.165, 1.54) is 29.5 Å². The van der Waals surface area contributed by atoms with Crippen LogP contribution in [0, 0.1) is 5.92 Å². The van der Waals surface area contributed by atoms with Crippen molar-refractivity contribution in [3.8, 4) is 0 Å². The SMILES string of the molecule is CN=C(NCc1ccc(COCc2ccccc2)cc1)NCC1CC1. The van der Waals surface area contributed by atoms with Gasteiger partial charge in [-0.15, -0.1) is 0 Å². The van der Waals surface area contributed by atoms with Crippen LogP contribution in [0.1, 0.15) is 29.5 Å². The molecule has 132 valence electrons. The summed E-state index contributed by atoms with van der Waals surface area (Å²) in [6.45, 7) is 3.08. The van der Waals surface area contributed by atoms with Crippen LogP contribution in [0.5, 0.6) is 0 Å². The number of hydrogen-bond acceptors (Lipinski definition) is 2. The van der Waals surface area contributed by atoms with Gasteiger partial charge in [0.15, 0.2) is 5.96 Å². The van der Waals surface area contributed by atoms with Crippen LogP contribution < -0.4 is 10.6 Å². The predicted molar refractivity (Wildman–Crippen MR) is 102 cm³/mol. The Labute approximate surface area is 150 Å². The molecular formula is C21H27N3O. The minimum absolute atomic E-state index is 0.632. The molecule has 0 amide bonds. The largest absolute Gasteiger partial charge is 0.372 e. The molecule has 0 atom stereocenters. The first-order valence-electron chi connectivity index (χ1n) is 8.97. The van der Waals surface area contributed by atoms with Gasteiger partial charge in [0.05, 0.1) is 13.2 Å². The highest BCUT2D eigenvalue weighted by Gasteiger charge is 2.20. The summed E-state index contributed by atoms with van der Waals surface area (Å²) < 4.78 is 5.78. The fraction of sp³-hybridized carbons (Fsp3) is 0.381. The van der Waals surface area contributed by atoms with Crippen LogP contribution in [-0.4, -0.2) is 19.6 Å². The molecule has 1 fully saturated rings. The molecule has 0 aromatic heterocycles. The molecule has 1 aliphatic carbocycles. The molecule has 0 heterocycles. The fourth-order valence-corrected chi connectivity index (χ4v) is 2.58. The Bertz CT molecular complexity index is 663. The van der Waals surface area contributed by atoms with Gasteiger partial charge >= 0.3 is 0 Å². The van der Waals surface area contributed by atoms with Gasteiger partial charge in [-0.05, 0) is 35.4 Å². The molecule has 0 aliphatic heterocycles. The average molecular weight is 337 g/mol. The molecule has 4 heteroatoms. The fourth-order valence-electron chi connectivity index (χ4n) is 2.58. The third-order valence-corrected chi connectivity index (χ3v) is 4.34. The lowest BCUT2D eigenvalue weighted by atomic mass is 10.1. The standard InChI is InChI=1S/C21H27N3O/c1-22-21(23-13-17-7-8-17)24-14-18-9-11-20(12-10-18)16-25-15-19-5-3-2-4-6-19/h2-6,9-12,17H,7-8,13-16H2,1H3,(H2,22,23,24). The Balaban J connectivity index is 1.38. The molecule has 0 spiro atoms. The van der Waals surface area contributed by atoms with Gasteiger partial charge in [0.25, 0.3) is 0 Å². The molecule has 1 saturated carbocycles. The smallest absolute Gasteiger partial charge is 0.191 e. The van der Waals surface area contributed by atoms with Gasteiger partial charge in [0.1, 0.15) is 0 Å². The summed E-state index contributed by atoms with van der Waals surface area (Å²) in [5, 5.41) is 6.74. The van der Waals surface area contributed by atoms with Crippen molar-refractivity contribution in [2.24, 2.45) is 10.9 Å². The van der Waals surface area contributed by atoms with E-state index in [1.54, 1.807) is 0 Å². The Kier molecular flexibility index (Phi) is 6.46. The van der Waals surface area contributed by atoms with E-state index < -0.39 is 0 Å². The zero-order chi connectivity index (χ0) is 17.3. The van der Waals surface area contributed by atoms with Gasteiger partial charge < -0.3 is 15.4 Å². The highest BCUT2D eigenvalue weighted by molar-refractivity contribution is 5.79. The molecule has 2 aromatic carbocycles. The Hall–Kier alpha value is -2.33. The second-order valence-electron chi connectivity index (χ2n) is 6.54. The van der Waals surface area contributed by atoms with Crippen molar-refractivity contribution in [3.05, 3.63) is 71.3 Å². The molecule has 0 unspecified atom stereocenters. The normalized spacial score (nSPS) is 14.4. The molecular weight excluding hydrogens is 310 g/mol. The zero-order valence-electron chi connectivity index (χ0n) is 14.9. The summed E-state index contributed by atoms with van der Waals surface area (Å²) in [6, 6.07) is 18.8. The molecule has 0 saturated heterocycles. The van der Waals surface area contributed by atoms with Crippen molar-refractivity contribution in [2.45, 2.75) is 32.6 Å². The van der Waals surface area contributed by atoms with Crippen LogP contribution in [0.4, 0.5) is 0 Å². The minimum atomic E-state index is 0.632. The quantitative estimate of drug-likeness (QED) is 0.573. The lowest BCUT2D eigenvalue weighted by Crippen LogP contribution is -2.37. The topological polar surface area (TPSA) is 45.7 Å². The third kappa shape index (κ3) is 6.24. The van der Waals surface area contributed by atoms with Gasteiger partial charge in [0, 0.05) is 20.1 Å². The Morgan fingerprint density at radius 3 is 2.20 bits per heavy atom. The van der Waals surface area contributed by atoms with E-state index in [1.807, 2.05) is 25.2 Å². The first-order chi connectivity index (χ1) is 12.3. The Morgan fingerprint density at radius 1 is 0.920 bits per heavy atom. The van der Waals surface area contributed by atoms with Crippen molar-refractivity contribution in [1.29, 1.82) is 0 Å². The van der Waals surface area contributed by atoms with Crippen LogP contribution in [0.15, 0.2) is 59.6 Å². The monoisotopic (exact) mass is 337 g/mol. The second kappa shape index (κ2) is 9.23. The molecule has 3 rings (SSSR count). The van der Waals surface area contributed by atoms with Crippen molar-refractivity contribution in [2.75, 3.05) is 13.6 Å². The van der Waals surface area contributed by atoms with E-state index in [0.29, 0.717) is 13.2 Å². The predicted octanol–water partition coefficient (Wildman–Crippen LogP) is 3.48. The maximum Gasteiger partial charge on any atom is 0.191 e. The van der Waals surface area contributed by atoms with Gasteiger partial charge in [-0.2, -0.15) is 0 Å². The number of aliphatic imine (C=N–C) groups is 1. The number of nitrogens with one attached hydrogen (secondary N) is 2. The molecule has 2 aromatic rings. The van der Waals surface area contributed by atoms with Crippen LogP contribution in [0.25, 0.3) is 0 Å². The first kappa shape index (κ1) is 17.5. The van der Waals surface area contributed by atoms with Crippen LogP contribution >= 0.6 is 0 Å². The number of rotatable bonds is 8. The van der Waals surface area contributed by atoms with E-state index in [2.05, 4.69) is 52.0 Å². The third-order valence-electron chi connectivity index (χ3n) is 4.34. The van der Waals surface area contributed by atoms with E-state index in [0.717, 1.165) is 25.0 Å². The summed E-state index contributed by atoms with van der Waals surface area (Å²) in [7, 11) is 1.81. The number of nitrogens with zero attached hydrogens (tertiary/aromatic N) is 1. The number of benzene rings is 2. The van der Waals surface area contributed by atoms with Crippen molar-refractivity contribution < 1.29 is 4.74 Å². The summed E-state index contributed by atoms with van der Waals surface area (Å²) in [6.07, 6.45) is 2.69. The van der Waals surface area contributed by atoms with Gasteiger partial charge in [-0.1, -0.05) is 54.6 Å². The highest BCUT2D eigenvalue weighted by atomic mass is 16.5. The summed E-state index contributed by atoms with van der Waals surface area (Å²) in [5.74, 6) is 1.72. The molecule has 4 nitrogen and oxygen atoms in total. The maximum atomic E-state index is 5.78. The van der Waals surface area contributed by atoms with Gasteiger partial charge in [-0.3, -0.25) is 4.99 Å². The number of hydrogen-bond donors (Lipinski definition) is 2. The van der Waals surface area contributed by atoms with Crippen LogP contribution in [0.2, 0.25) is 0 Å². The van der Waals surface area contributed by atoms with Gasteiger partial charge in [-0.25, -0.2) is 0 Å². The van der Waals surface area contributed by atoms with Crippen LogP contribution in [0.3, 0.4) is 0 Å². The van der Waals surface area contributed by atoms with Crippen LogP contribution in [-0.2, 0) is 24.5 Å². The lowest BCUT2D eigenvalue weighted by Gasteiger charge is -2.12. The summed E-state index contributed by atoms with van der Waals surface area (Å²) in [4.78, 5) is 4.26. The lowest BCUT2D eigenvalue weighted by molar-refractivity contribution is 0.107. The molecule has 0 bridgehead atoms. The van der Waals surface area contributed by atoms with E-state index in [9.17, 15) is 0 Å². The number of guanidine groups is 1. The summed E-state index contributed by atoms with van der Waals surface area (Å²) in [5.41, 5.74) is 3.63. The average Bonchev–Trinajstić information content (AvgIpc) is 3.48. The Morgan fingerprint density at radius 2 is 1.56 bits per heavy atom. The molecule has 2 N–H and O–H groups in total. The molecule has 25 heavy (non-hydrogen) atoms. The van der Waals surface area contributed by atoms with Gasteiger partial charge in [0.2, 0.25) is 0 Å². The first-order valence-corrected chi connectivity index (χ1v) is 8.97. The zero-order valence-corrected chi connectivity index (χ0v) is 14.9. The van der Waals surface area contributed by atoms with E-state index in [4.69, 9.17) is 4.74 Å².